The number of benzene rings is 1. The van der Waals surface area contributed by atoms with Gasteiger partial charge in [-0.3, -0.25) is 24.6 Å². The van der Waals surface area contributed by atoms with Crippen LogP contribution in [-0.4, -0.2) is 61.3 Å². The molecule has 37 heavy (non-hydrogen) atoms. The summed E-state index contributed by atoms with van der Waals surface area (Å²) in [6, 6.07) is 3.71. The molecular weight excluding hydrogens is 485 g/mol. The van der Waals surface area contributed by atoms with Gasteiger partial charge in [-0.05, 0) is 38.0 Å². The Balaban J connectivity index is 1.41. The van der Waals surface area contributed by atoms with Crippen LogP contribution in [0.15, 0.2) is 40.9 Å². The Morgan fingerprint density at radius 3 is 2.76 bits per heavy atom. The first-order valence-corrected chi connectivity index (χ1v) is 11.7. The van der Waals surface area contributed by atoms with Gasteiger partial charge in [-0.15, -0.1) is 0 Å². The lowest BCUT2D eigenvalue weighted by molar-refractivity contribution is -0.120. The van der Waals surface area contributed by atoms with Gasteiger partial charge in [0, 0.05) is 25.5 Å². The number of carbonyl (C=O) groups is 5. The topological polar surface area (TPSA) is 146 Å². The summed E-state index contributed by atoms with van der Waals surface area (Å²) in [6.45, 7) is 3.68. The van der Waals surface area contributed by atoms with Gasteiger partial charge in [-0.2, -0.15) is 4.99 Å². The Morgan fingerprint density at radius 1 is 1.27 bits per heavy atom. The molecule has 12 heteroatoms. The highest BCUT2D eigenvalue weighted by atomic mass is 19.1. The van der Waals surface area contributed by atoms with Crippen molar-refractivity contribution in [3.63, 3.8) is 0 Å². The van der Waals surface area contributed by atoms with Gasteiger partial charge in [-0.1, -0.05) is 18.2 Å². The fourth-order valence-corrected chi connectivity index (χ4v) is 3.65. The van der Waals surface area contributed by atoms with Crippen molar-refractivity contribution in [1.82, 2.24) is 16.0 Å². The number of nitrogens with one attached hydrogen (secondary N) is 3. The molecule has 0 unspecified atom stereocenters. The molecule has 0 saturated carbocycles. The van der Waals surface area contributed by atoms with Gasteiger partial charge >= 0.3 is 12.1 Å². The molecule has 196 valence electrons. The maximum atomic E-state index is 14.6. The molecule has 3 N–H and O–H groups in total. The van der Waals surface area contributed by atoms with Crippen LogP contribution in [0.2, 0.25) is 0 Å². The highest BCUT2D eigenvalue weighted by Crippen LogP contribution is 2.24. The van der Waals surface area contributed by atoms with E-state index in [0.717, 1.165) is 0 Å². The van der Waals surface area contributed by atoms with Gasteiger partial charge in [0.05, 0.1) is 30.1 Å². The summed E-state index contributed by atoms with van der Waals surface area (Å²) in [7, 11) is 0. The second-order valence-electron chi connectivity index (χ2n) is 8.43. The molecule has 0 aromatic heterocycles. The molecule has 2 heterocycles. The number of rotatable bonds is 10. The zero-order valence-electron chi connectivity index (χ0n) is 20.5. The average molecular weight is 514 g/mol. The van der Waals surface area contributed by atoms with Crippen molar-refractivity contribution in [3.8, 4) is 0 Å². The predicted molar refractivity (Wildman–Crippen MR) is 133 cm³/mol. The first kappa shape index (κ1) is 27.2. The fourth-order valence-electron chi connectivity index (χ4n) is 3.65. The number of urea groups is 1. The van der Waals surface area contributed by atoms with Gasteiger partial charge in [0.25, 0.3) is 5.91 Å². The molecule has 2 aliphatic rings. The average Bonchev–Trinajstić information content (AvgIpc) is 3.20. The summed E-state index contributed by atoms with van der Waals surface area (Å²) in [6.07, 6.45) is 4.89. The molecule has 11 nitrogen and oxygen atoms in total. The third-order valence-electron chi connectivity index (χ3n) is 5.53. The number of ether oxygens (including phenoxy) is 1. The summed E-state index contributed by atoms with van der Waals surface area (Å²) < 4.78 is 19.8. The summed E-state index contributed by atoms with van der Waals surface area (Å²) in [5, 5.41) is 7.38. The normalized spacial score (nSPS) is 18.6. The standard InChI is InChI=1S/C25H28FN5O6/c1-15-20(23(34)30-24(35)29-15)9-10-22(33)27-11-5-3-4-6-17-7-8-18(12-21(17)26)31-14-19(37-25(31)36)13-28-16(2)32/h4,6-9,12,19H,3,5,10-11,13-14H2,1-2H3,(H,27,33)(H,28,32)(H,30,34,35)/b6-4+,20-9-/t19-/m0/s1. The van der Waals surface area contributed by atoms with Crippen LogP contribution < -0.4 is 20.9 Å². The van der Waals surface area contributed by atoms with E-state index in [2.05, 4.69) is 20.9 Å². The molecule has 1 fully saturated rings. The number of imide groups is 1. The van der Waals surface area contributed by atoms with Crippen LogP contribution >= 0.6 is 0 Å². The van der Waals surface area contributed by atoms with Gasteiger partial charge in [0.2, 0.25) is 11.8 Å². The Labute approximate surface area is 212 Å². The van der Waals surface area contributed by atoms with Crippen LogP contribution in [0.4, 0.5) is 19.7 Å². The monoisotopic (exact) mass is 513 g/mol. The molecule has 0 spiro atoms. The van der Waals surface area contributed by atoms with E-state index in [-0.39, 0.29) is 42.6 Å². The molecule has 1 aromatic carbocycles. The third-order valence-corrected chi connectivity index (χ3v) is 5.53. The van der Waals surface area contributed by atoms with E-state index in [1.165, 1.54) is 30.9 Å². The van der Waals surface area contributed by atoms with Gasteiger partial charge in [-0.25, -0.2) is 14.0 Å². The first-order chi connectivity index (χ1) is 17.6. The number of anilines is 1. The lowest BCUT2D eigenvalue weighted by Gasteiger charge is -2.13. The summed E-state index contributed by atoms with van der Waals surface area (Å²) in [5.41, 5.74) is 1.17. The second-order valence-corrected chi connectivity index (χ2v) is 8.43. The quantitative estimate of drug-likeness (QED) is 0.323. The lowest BCUT2D eigenvalue weighted by Crippen LogP contribution is -2.36. The molecule has 2 aliphatic heterocycles. The highest BCUT2D eigenvalue weighted by Gasteiger charge is 2.32. The molecule has 3 rings (SSSR count). The number of amides is 6. The molecule has 1 atom stereocenters. The summed E-state index contributed by atoms with van der Waals surface area (Å²) in [4.78, 5) is 63.0. The lowest BCUT2D eigenvalue weighted by atomic mass is 10.1. The fraction of sp³-hybridized carbons (Fsp3) is 0.360. The highest BCUT2D eigenvalue weighted by molar-refractivity contribution is 6.29. The van der Waals surface area contributed by atoms with E-state index >= 15 is 0 Å². The number of unbranched alkanes of at least 4 members (excludes halogenated alkanes) is 1. The molecule has 6 amide bonds. The number of hydrogen-bond donors (Lipinski definition) is 3. The van der Waals surface area contributed by atoms with E-state index in [1.807, 2.05) is 0 Å². The van der Waals surface area contributed by atoms with Crippen molar-refractivity contribution < 1.29 is 33.1 Å². The van der Waals surface area contributed by atoms with E-state index in [9.17, 15) is 28.4 Å². The van der Waals surface area contributed by atoms with Crippen LogP contribution in [-0.2, 0) is 19.1 Å². The van der Waals surface area contributed by atoms with E-state index in [0.29, 0.717) is 30.6 Å². The van der Waals surface area contributed by atoms with Crippen molar-refractivity contribution in [2.45, 2.75) is 39.2 Å². The predicted octanol–water partition coefficient (Wildman–Crippen LogP) is 2.22. The third kappa shape index (κ3) is 7.82. The maximum Gasteiger partial charge on any atom is 0.414 e. The zero-order chi connectivity index (χ0) is 26.9. The van der Waals surface area contributed by atoms with E-state index in [1.54, 1.807) is 24.3 Å². The minimum Gasteiger partial charge on any atom is -0.442 e. The number of cyclic esters (lactones) is 1. The smallest absolute Gasteiger partial charge is 0.414 e. The molecular formula is C25H28FN5O6. The van der Waals surface area contributed by atoms with Crippen molar-refractivity contribution in [2.24, 2.45) is 4.99 Å². The van der Waals surface area contributed by atoms with E-state index < -0.39 is 30.0 Å². The Bertz CT molecular complexity index is 1190. The first-order valence-electron chi connectivity index (χ1n) is 11.7. The number of allylic oxidation sites excluding steroid dienone is 1. The number of hydrogen-bond acceptors (Lipinski definition) is 6. The van der Waals surface area contributed by atoms with Crippen LogP contribution in [0.3, 0.4) is 0 Å². The Morgan fingerprint density at radius 2 is 2.05 bits per heavy atom. The van der Waals surface area contributed by atoms with Crippen LogP contribution in [0.5, 0.6) is 0 Å². The minimum absolute atomic E-state index is 0.0320. The van der Waals surface area contributed by atoms with Gasteiger partial charge in [0.1, 0.15) is 11.9 Å². The largest absolute Gasteiger partial charge is 0.442 e. The van der Waals surface area contributed by atoms with E-state index in [4.69, 9.17) is 4.74 Å². The minimum atomic E-state index is -0.724. The maximum absolute atomic E-state index is 14.6. The number of aliphatic imine (C=N–C) groups is 1. The Kier molecular flexibility index (Phi) is 9.25. The number of nitrogens with zero attached hydrogens (tertiary/aromatic N) is 2. The molecule has 1 saturated heterocycles. The van der Waals surface area contributed by atoms with Crippen molar-refractivity contribution in [3.05, 3.63) is 47.3 Å². The number of halogens is 1. The molecule has 0 aliphatic carbocycles. The zero-order valence-corrected chi connectivity index (χ0v) is 20.5. The van der Waals surface area contributed by atoms with Gasteiger partial charge < -0.3 is 15.4 Å². The SMILES string of the molecule is CC(=O)NC[C@H]1CN(c2ccc(/C=C/CCCNC(=O)C/C=C3\C(=O)NC(=O)N=C3C)c(F)c2)C(=O)O1. The Hall–Kier alpha value is -4.35. The molecule has 1 aromatic rings. The second kappa shape index (κ2) is 12.6. The van der Waals surface area contributed by atoms with Crippen molar-refractivity contribution >= 4 is 47.3 Å². The van der Waals surface area contributed by atoms with Crippen molar-refractivity contribution in [2.75, 3.05) is 24.5 Å². The van der Waals surface area contributed by atoms with Crippen LogP contribution in [0.1, 0.15) is 38.7 Å². The molecule has 0 radical (unpaired) electrons. The van der Waals surface area contributed by atoms with Crippen LogP contribution in [0, 0.1) is 5.82 Å². The molecule has 0 bridgehead atoms. The van der Waals surface area contributed by atoms with Crippen LogP contribution in [0.25, 0.3) is 6.08 Å². The van der Waals surface area contributed by atoms with Crippen molar-refractivity contribution in [1.29, 1.82) is 0 Å². The summed E-state index contributed by atoms with van der Waals surface area (Å²) >= 11 is 0. The summed E-state index contributed by atoms with van der Waals surface area (Å²) in [5.74, 6) is -1.59. The number of carbonyl (C=O) groups excluding carboxylic acids is 5. The van der Waals surface area contributed by atoms with Gasteiger partial charge in [0.15, 0.2) is 0 Å².